The Kier molecular flexibility index (Phi) is 6.51. The summed E-state index contributed by atoms with van der Waals surface area (Å²) >= 11 is 0. The largest absolute Gasteiger partial charge is 0.501 e. The first-order chi connectivity index (χ1) is 12.7. The summed E-state index contributed by atoms with van der Waals surface area (Å²) in [6, 6.07) is 4.31. The number of likely N-dealkylation sites (N-methyl/N-ethyl adjacent to an activating group) is 1. The lowest BCUT2D eigenvalue weighted by Crippen LogP contribution is -2.26. The predicted octanol–water partition coefficient (Wildman–Crippen LogP) is 4.71. The summed E-state index contributed by atoms with van der Waals surface area (Å²) in [6.07, 6.45) is 14.2. The molecule has 1 aliphatic carbocycles. The van der Waals surface area contributed by atoms with Gasteiger partial charge < -0.3 is 14.0 Å². The highest BCUT2D eigenvalue weighted by Gasteiger charge is 2.11. The minimum atomic E-state index is 0.972. The summed E-state index contributed by atoms with van der Waals surface area (Å²) < 4.78 is 7.50. The van der Waals surface area contributed by atoms with Crippen LogP contribution in [0.15, 0.2) is 42.4 Å². The number of fused-ring (bicyclic) bond motifs is 1. The molecule has 2 aromatic heterocycles. The second kappa shape index (κ2) is 9.04. The van der Waals surface area contributed by atoms with Gasteiger partial charge in [-0.15, -0.1) is 0 Å². The van der Waals surface area contributed by atoms with Crippen molar-refractivity contribution in [3.63, 3.8) is 0 Å². The second-order valence-electron chi connectivity index (χ2n) is 6.98. The number of methoxy groups -OCH3 is 1. The Morgan fingerprint density at radius 2 is 2.00 bits per heavy atom. The van der Waals surface area contributed by atoms with E-state index in [1.54, 1.807) is 7.11 Å². The van der Waals surface area contributed by atoms with Crippen LogP contribution in [0.4, 0.5) is 0 Å². The van der Waals surface area contributed by atoms with Gasteiger partial charge in [-0.3, -0.25) is 0 Å². The fraction of sp³-hybridized carbons (Fsp3) is 0.500. The zero-order valence-corrected chi connectivity index (χ0v) is 16.4. The summed E-state index contributed by atoms with van der Waals surface area (Å²) in [5, 5.41) is 0. The van der Waals surface area contributed by atoms with Crippen LogP contribution >= 0.6 is 0 Å². The molecular formula is C22H31N3O. The van der Waals surface area contributed by atoms with Crippen LogP contribution in [-0.2, 0) is 11.2 Å². The van der Waals surface area contributed by atoms with E-state index in [0.29, 0.717) is 0 Å². The van der Waals surface area contributed by atoms with Gasteiger partial charge in [0.25, 0.3) is 0 Å². The van der Waals surface area contributed by atoms with E-state index in [9.17, 15) is 0 Å². The Balaban J connectivity index is 1.69. The number of nitrogens with zero attached hydrogens (tertiary/aromatic N) is 3. The van der Waals surface area contributed by atoms with Crippen LogP contribution in [0, 0.1) is 0 Å². The summed E-state index contributed by atoms with van der Waals surface area (Å²) in [7, 11) is 1.74. The molecule has 0 spiro atoms. The van der Waals surface area contributed by atoms with Crippen molar-refractivity contribution in [2.24, 2.45) is 0 Å². The maximum absolute atomic E-state index is 5.33. The number of ether oxygens (including phenoxy) is 1. The minimum Gasteiger partial charge on any atom is -0.501 e. The lowest BCUT2D eigenvalue weighted by molar-refractivity contribution is 0.277. The molecule has 0 bridgehead atoms. The highest BCUT2D eigenvalue weighted by Crippen LogP contribution is 2.27. The van der Waals surface area contributed by atoms with Gasteiger partial charge >= 0.3 is 0 Å². The van der Waals surface area contributed by atoms with Crippen molar-refractivity contribution in [1.82, 2.24) is 14.3 Å². The molecule has 0 amide bonds. The molecule has 2 aromatic rings. The van der Waals surface area contributed by atoms with E-state index in [4.69, 9.17) is 9.72 Å². The molecule has 140 valence electrons. The van der Waals surface area contributed by atoms with Gasteiger partial charge in [0.05, 0.1) is 18.6 Å². The first-order valence-electron chi connectivity index (χ1n) is 9.87. The molecule has 0 radical (unpaired) electrons. The van der Waals surface area contributed by atoms with Crippen molar-refractivity contribution in [2.45, 2.75) is 46.0 Å². The standard InChI is InChI=1S/C22H31N3O/c1-4-6-14-24(5-2)15-13-20-17-25-16-19(9-12-22(25)23-20)18-7-10-21(26-3)11-8-18/h7,9-10,12,16-17H,4-6,8,11,13-15H2,1-3H3. The Bertz CT molecular complexity index is 788. The molecule has 0 N–H and O–H groups in total. The van der Waals surface area contributed by atoms with Crippen molar-refractivity contribution >= 4 is 11.2 Å². The number of hydrogen-bond donors (Lipinski definition) is 0. The fourth-order valence-corrected chi connectivity index (χ4v) is 3.47. The number of unbranched alkanes of at least 4 members (excludes halogenated alkanes) is 1. The summed E-state index contributed by atoms with van der Waals surface area (Å²) in [5.74, 6) is 1.06. The molecule has 0 unspecified atom stereocenters. The van der Waals surface area contributed by atoms with E-state index in [0.717, 1.165) is 43.8 Å². The zero-order valence-electron chi connectivity index (χ0n) is 16.4. The first kappa shape index (κ1) is 18.7. The number of rotatable bonds is 9. The molecule has 0 aromatic carbocycles. The van der Waals surface area contributed by atoms with Crippen LogP contribution in [-0.4, -0.2) is 41.0 Å². The van der Waals surface area contributed by atoms with Gasteiger partial charge in [-0.05, 0) is 55.3 Å². The average molecular weight is 354 g/mol. The molecule has 0 saturated heterocycles. The predicted molar refractivity (Wildman–Crippen MR) is 108 cm³/mol. The number of allylic oxidation sites excluding steroid dienone is 4. The van der Waals surface area contributed by atoms with Crippen LogP contribution < -0.4 is 0 Å². The third-order valence-corrected chi connectivity index (χ3v) is 5.20. The van der Waals surface area contributed by atoms with Gasteiger partial charge in [-0.1, -0.05) is 26.3 Å². The maximum atomic E-state index is 5.33. The van der Waals surface area contributed by atoms with Gasteiger partial charge in [0, 0.05) is 31.8 Å². The molecule has 0 saturated carbocycles. The van der Waals surface area contributed by atoms with Crippen molar-refractivity contribution in [3.8, 4) is 0 Å². The Labute approximate surface area is 157 Å². The molecule has 0 atom stereocenters. The molecule has 26 heavy (non-hydrogen) atoms. The second-order valence-corrected chi connectivity index (χ2v) is 6.98. The van der Waals surface area contributed by atoms with Gasteiger partial charge in [0.1, 0.15) is 5.65 Å². The maximum Gasteiger partial charge on any atom is 0.137 e. The van der Waals surface area contributed by atoms with Crippen LogP contribution in [0.25, 0.3) is 11.2 Å². The van der Waals surface area contributed by atoms with Crippen LogP contribution in [0.2, 0.25) is 0 Å². The van der Waals surface area contributed by atoms with Gasteiger partial charge in [0.15, 0.2) is 0 Å². The minimum absolute atomic E-state index is 0.972. The lowest BCUT2D eigenvalue weighted by atomic mass is 9.98. The van der Waals surface area contributed by atoms with E-state index in [1.165, 1.54) is 36.2 Å². The third-order valence-electron chi connectivity index (χ3n) is 5.20. The lowest BCUT2D eigenvalue weighted by Gasteiger charge is -2.19. The molecule has 0 fully saturated rings. The Morgan fingerprint density at radius 1 is 1.12 bits per heavy atom. The van der Waals surface area contributed by atoms with Crippen molar-refractivity contribution in [1.29, 1.82) is 0 Å². The van der Waals surface area contributed by atoms with Gasteiger partial charge in [-0.2, -0.15) is 0 Å². The number of hydrogen-bond acceptors (Lipinski definition) is 3. The summed E-state index contributed by atoms with van der Waals surface area (Å²) in [6.45, 7) is 7.88. The van der Waals surface area contributed by atoms with E-state index in [2.05, 4.69) is 59.8 Å². The molecule has 2 heterocycles. The highest BCUT2D eigenvalue weighted by molar-refractivity contribution is 5.69. The molecule has 1 aliphatic rings. The first-order valence-corrected chi connectivity index (χ1v) is 9.87. The van der Waals surface area contributed by atoms with E-state index in [1.807, 2.05) is 0 Å². The fourth-order valence-electron chi connectivity index (χ4n) is 3.47. The average Bonchev–Trinajstić information content (AvgIpc) is 3.10. The van der Waals surface area contributed by atoms with Crippen LogP contribution in [0.1, 0.15) is 50.8 Å². The Hall–Kier alpha value is -2.07. The Morgan fingerprint density at radius 3 is 2.69 bits per heavy atom. The highest BCUT2D eigenvalue weighted by atomic mass is 16.5. The quantitative estimate of drug-likeness (QED) is 0.654. The molecular weight excluding hydrogens is 322 g/mol. The summed E-state index contributed by atoms with van der Waals surface area (Å²) in [4.78, 5) is 7.32. The van der Waals surface area contributed by atoms with E-state index < -0.39 is 0 Å². The van der Waals surface area contributed by atoms with E-state index >= 15 is 0 Å². The zero-order chi connectivity index (χ0) is 18.4. The van der Waals surface area contributed by atoms with Crippen LogP contribution in [0.5, 0.6) is 0 Å². The van der Waals surface area contributed by atoms with Crippen molar-refractivity contribution < 1.29 is 4.74 Å². The van der Waals surface area contributed by atoms with Gasteiger partial charge in [0.2, 0.25) is 0 Å². The normalized spacial score (nSPS) is 14.6. The molecule has 4 heteroatoms. The topological polar surface area (TPSA) is 29.8 Å². The SMILES string of the molecule is CCCCN(CC)CCc1cn2cc(C3=CC=C(OC)CC3)ccc2n1. The van der Waals surface area contributed by atoms with Gasteiger partial charge in [-0.25, -0.2) is 4.98 Å². The van der Waals surface area contributed by atoms with Crippen molar-refractivity contribution in [3.05, 3.63) is 53.7 Å². The smallest absolute Gasteiger partial charge is 0.137 e. The molecule has 3 rings (SSSR count). The molecule has 4 nitrogen and oxygen atoms in total. The van der Waals surface area contributed by atoms with Crippen molar-refractivity contribution in [2.75, 3.05) is 26.7 Å². The summed E-state index contributed by atoms with van der Waals surface area (Å²) in [5.41, 5.74) is 4.84. The number of imidazole rings is 1. The monoisotopic (exact) mass is 353 g/mol. The third kappa shape index (κ3) is 4.55. The van der Waals surface area contributed by atoms with Crippen LogP contribution in [0.3, 0.4) is 0 Å². The number of pyridine rings is 1. The number of aromatic nitrogens is 2. The van der Waals surface area contributed by atoms with E-state index in [-0.39, 0.29) is 0 Å². The molecule has 0 aliphatic heterocycles.